The topological polar surface area (TPSA) is 47.6 Å². The Kier molecular flexibility index (Phi) is 3.99. The third-order valence-electron chi connectivity index (χ3n) is 4.36. The Balaban J connectivity index is 2.01. The quantitative estimate of drug-likeness (QED) is 0.938. The Labute approximate surface area is 136 Å². The van der Waals surface area contributed by atoms with E-state index in [9.17, 15) is 4.79 Å². The van der Waals surface area contributed by atoms with Crippen LogP contribution in [-0.4, -0.2) is 20.1 Å². The standard InChI is InChI=1S/C19H21NO3/c1-11-8-12(2)17-14(9-11)15(19(21)20-17)10-13-6-5-7-16(22-3)18(13)23-4/h5-9,15H,10H2,1-4H3,(H,20,21)/t15-/m1/s1. The van der Waals surface area contributed by atoms with Crippen molar-refractivity contribution in [2.75, 3.05) is 19.5 Å². The van der Waals surface area contributed by atoms with Crippen molar-refractivity contribution in [1.82, 2.24) is 0 Å². The third-order valence-corrected chi connectivity index (χ3v) is 4.36. The van der Waals surface area contributed by atoms with Gasteiger partial charge in [-0.3, -0.25) is 4.79 Å². The van der Waals surface area contributed by atoms with E-state index in [4.69, 9.17) is 9.47 Å². The lowest BCUT2D eigenvalue weighted by Crippen LogP contribution is -2.15. The van der Waals surface area contributed by atoms with E-state index in [1.165, 1.54) is 5.56 Å². The SMILES string of the molecule is COc1cccc(C[C@H]2C(=O)Nc3c(C)cc(C)cc32)c1OC. The molecule has 2 aromatic carbocycles. The van der Waals surface area contributed by atoms with Gasteiger partial charge in [-0.05, 0) is 43.0 Å². The number of fused-ring (bicyclic) bond motifs is 1. The van der Waals surface area contributed by atoms with E-state index in [-0.39, 0.29) is 11.8 Å². The van der Waals surface area contributed by atoms with E-state index >= 15 is 0 Å². The van der Waals surface area contributed by atoms with Crippen LogP contribution in [-0.2, 0) is 11.2 Å². The molecule has 1 aliphatic rings. The second-order valence-electron chi connectivity index (χ2n) is 5.94. The van der Waals surface area contributed by atoms with Gasteiger partial charge in [0.2, 0.25) is 5.91 Å². The zero-order valence-electron chi connectivity index (χ0n) is 13.9. The van der Waals surface area contributed by atoms with Crippen molar-refractivity contribution in [2.45, 2.75) is 26.2 Å². The number of aryl methyl sites for hydroxylation is 2. The smallest absolute Gasteiger partial charge is 0.232 e. The van der Waals surface area contributed by atoms with Crippen LogP contribution in [0.25, 0.3) is 0 Å². The molecule has 0 fully saturated rings. The first-order valence-corrected chi connectivity index (χ1v) is 7.67. The van der Waals surface area contributed by atoms with Crippen LogP contribution in [0.2, 0.25) is 0 Å². The van der Waals surface area contributed by atoms with Gasteiger partial charge in [-0.15, -0.1) is 0 Å². The normalized spacial score (nSPS) is 16.0. The van der Waals surface area contributed by atoms with Crippen LogP contribution in [0.4, 0.5) is 5.69 Å². The van der Waals surface area contributed by atoms with Crippen molar-refractivity contribution < 1.29 is 14.3 Å². The lowest BCUT2D eigenvalue weighted by Gasteiger charge is -2.15. The lowest BCUT2D eigenvalue weighted by molar-refractivity contribution is -0.117. The van der Waals surface area contributed by atoms with Gasteiger partial charge in [-0.25, -0.2) is 0 Å². The summed E-state index contributed by atoms with van der Waals surface area (Å²) in [7, 11) is 3.24. The summed E-state index contributed by atoms with van der Waals surface area (Å²) in [5.74, 6) is 1.22. The molecule has 1 aliphatic heterocycles. The number of carbonyl (C=O) groups excluding carboxylic acids is 1. The molecule has 1 N–H and O–H groups in total. The molecule has 120 valence electrons. The Bertz CT molecular complexity index is 767. The highest BCUT2D eigenvalue weighted by Gasteiger charge is 2.32. The first-order chi connectivity index (χ1) is 11.0. The van der Waals surface area contributed by atoms with Crippen LogP contribution in [0.5, 0.6) is 11.5 Å². The summed E-state index contributed by atoms with van der Waals surface area (Å²) >= 11 is 0. The summed E-state index contributed by atoms with van der Waals surface area (Å²) < 4.78 is 10.8. The summed E-state index contributed by atoms with van der Waals surface area (Å²) in [6.45, 7) is 4.08. The van der Waals surface area contributed by atoms with Crippen molar-refractivity contribution in [3.63, 3.8) is 0 Å². The van der Waals surface area contributed by atoms with Gasteiger partial charge in [0.1, 0.15) is 0 Å². The summed E-state index contributed by atoms with van der Waals surface area (Å²) in [5.41, 5.74) is 5.26. The highest BCUT2D eigenvalue weighted by Crippen LogP contribution is 2.40. The van der Waals surface area contributed by atoms with E-state index in [0.29, 0.717) is 17.9 Å². The molecule has 0 radical (unpaired) electrons. The van der Waals surface area contributed by atoms with Gasteiger partial charge in [-0.2, -0.15) is 0 Å². The van der Waals surface area contributed by atoms with Gasteiger partial charge in [0.25, 0.3) is 0 Å². The number of amides is 1. The van der Waals surface area contributed by atoms with E-state index in [1.54, 1.807) is 14.2 Å². The van der Waals surface area contributed by atoms with Gasteiger partial charge in [0, 0.05) is 5.69 Å². The van der Waals surface area contributed by atoms with Crippen molar-refractivity contribution in [3.05, 3.63) is 52.6 Å². The molecule has 3 rings (SSSR count). The number of para-hydroxylation sites is 1. The molecule has 1 amide bonds. The first kappa shape index (κ1) is 15.4. The fourth-order valence-electron chi connectivity index (χ4n) is 3.33. The molecule has 4 heteroatoms. The average molecular weight is 311 g/mol. The maximum atomic E-state index is 12.5. The molecular formula is C19H21NO3. The van der Waals surface area contributed by atoms with Crippen LogP contribution in [0.1, 0.15) is 28.2 Å². The zero-order chi connectivity index (χ0) is 16.6. The summed E-state index contributed by atoms with van der Waals surface area (Å²) in [4.78, 5) is 12.5. The Morgan fingerprint density at radius 1 is 1.13 bits per heavy atom. The number of anilines is 1. The second kappa shape index (κ2) is 5.95. The molecule has 2 aromatic rings. The van der Waals surface area contributed by atoms with Crippen molar-refractivity contribution in [2.24, 2.45) is 0 Å². The molecule has 1 heterocycles. The number of methoxy groups -OCH3 is 2. The fourth-order valence-corrected chi connectivity index (χ4v) is 3.33. The van der Waals surface area contributed by atoms with Gasteiger partial charge < -0.3 is 14.8 Å². The highest BCUT2D eigenvalue weighted by molar-refractivity contribution is 6.04. The van der Waals surface area contributed by atoms with E-state index in [1.807, 2.05) is 25.1 Å². The van der Waals surface area contributed by atoms with Crippen LogP contribution in [0.15, 0.2) is 30.3 Å². The van der Waals surface area contributed by atoms with Gasteiger partial charge in [-0.1, -0.05) is 29.8 Å². The number of rotatable bonds is 4. The molecule has 1 atom stereocenters. The predicted octanol–water partition coefficient (Wildman–Crippen LogP) is 3.60. The molecule has 0 unspecified atom stereocenters. The highest BCUT2D eigenvalue weighted by atomic mass is 16.5. The zero-order valence-corrected chi connectivity index (χ0v) is 13.9. The molecular weight excluding hydrogens is 290 g/mol. The summed E-state index contributed by atoms with van der Waals surface area (Å²) in [5, 5.41) is 3.02. The summed E-state index contributed by atoms with van der Waals surface area (Å²) in [6.07, 6.45) is 0.585. The van der Waals surface area contributed by atoms with Crippen LogP contribution < -0.4 is 14.8 Å². The van der Waals surface area contributed by atoms with Crippen LogP contribution in [0, 0.1) is 13.8 Å². The Hall–Kier alpha value is -2.49. The lowest BCUT2D eigenvalue weighted by atomic mass is 9.90. The van der Waals surface area contributed by atoms with Gasteiger partial charge in [0.15, 0.2) is 11.5 Å². The predicted molar refractivity (Wildman–Crippen MR) is 90.5 cm³/mol. The summed E-state index contributed by atoms with van der Waals surface area (Å²) in [6, 6.07) is 9.95. The minimum absolute atomic E-state index is 0.0403. The van der Waals surface area contributed by atoms with Crippen LogP contribution >= 0.6 is 0 Å². The van der Waals surface area contributed by atoms with Gasteiger partial charge >= 0.3 is 0 Å². The van der Waals surface area contributed by atoms with Crippen molar-refractivity contribution in [3.8, 4) is 11.5 Å². The number of ether oxygens (including phenoxy) is 2. The second-order valence-corrected chi connectivity index (χ2v) is 5.94. The largest absolute Gasteiger partial charge is 0.493 e. The molecule has 23 heavy (non-hydrogen) atoms. The number of nitrogens with one attached hydrogen (secondary N) is 1. The van der Waals surface area contributed by atoms with Crippen molar-refractivity contribution >= 4 is 11.6 Å². The van der Waals surface area contributed by atoms with Crippen molar-refractivity contribution in [1.29, 1.82) is 0 Å². The fraction of sp³-hybridized carbons (Fsp3) is 0.316. The molecule has 0 saturated carbocycles. The molecule has 0 spiro atoms. The Morgan fingerprint density at radius 2 is 1.91 bits per heavy atom. The Morgan fingerprint density at radius 3 is 2.61 bits per heavy atom. The molecule has 0 bridgehead atoms. The first-order valence-electron chi connectivity index (χ1n) is 7.67. The molecule has 0 aromatic heterocycles. The average Bonchev–Trinajstić information content (AvgIpc) is 2.84. The van der Waals surface area contributed by atoms with Gasteiger partial charge in [0.05, 0.1) is 20.1 Å². The molecule has 0 aliphatic carbocycles. The van der Waals surface area contributed by atoms with E-state index in [0.717, 1.165) is 22.4 Å². The maximum absolute atomic E-state index is 12.5. The van der Waals surface area contributed by atoms with E-state index < -0.39 is 0 Å². The number of hydrogen-bond acceptors (Lipinski definition) is 3. The van der Waals surface area contributed by atoms with E-state index in [2.05, 4.69) is 24.4 Å². The number of hydrogen-bond donors (Lipinski definition) is 1. The molecule has 0 saturated heterocycles. The third kappa shape index (κ3) is 2.65. The number of carbonyl (C=O) groups is 1. The van der Waals surface area contributed by atoms with Crippen LogP contribution in [0.3, 0.4) is 0 Å². The minimum atomic E-state index is -0.204. The monoisotopic (exact) mass is 311 g/mol. The maximum Gasteiger partial charge on any atom is 0.232 e. The molecule has 4 nitrogen and oxygen atoms in total. The number of benzene rings is 2. The minimum Gasteiger partial charge on any atom is -0.493 e.